The number of carbonyl (C=O) groups is 1. The van der Waals surface area contributed by atoms with E-state index in [2.05, 4.69) is 20.0 Å². The first-order valence-corrected chi connectivity index (χ1v) is 8.06. The zero-order valence-corrected chi connectivity index (χ0v) is 15.6. The molecule has 0 radical (unpaired) electrons. The second-order valence-corrected chi connectivity index (χ2v) is 5.75. The number of ether oxygens (including phenoxy) is 2. The molecule has 1 amide bonds. The molecule has 9 nitrogen and oxygen atoms in total. The lowest BCUT2D eigenvalue weighted by atomic mass is 10.2. The number of likely N-dealkylation sites (N-methyl/N-ethyl adjacent to an activating group) is 1. The first kappa shape index (κ1) is 21.5. The first-order chi connectivity index (χ1) is 13.6. The van der Waals surface area contributed by atoms with Crippen LogP contribution in [0.5, 0.6) is 11.6 Å². The number of rotatable bonds is 6. The van der Waals surface area contributed by atoms with E-state index in [1.807, 2.05) is 6.07 Å². The number of nitrogens with zero attached hydrogens (tertiary/aromatic N) is 4. The Hall–Kier alpha value is -3.75. The summed E-state index contributed by atoms with van der Waals surface area (Å²) < 4.78 is 46.1. The zero-order valence-electron chi connectivity index (χ0n) is 15.6. The highest BCUT2D eigenvalue weighted by atomic mass is 19.4. The second kappa shape index (κ2) is 8.51. The van der Waals surface area contributed by atoms with Crippen LogP contribution in [0, 0.1) is 11.3 Å². The van der Waals surface area contributed by atoms with Crippen LogP contribution < -0.4 is 25.4 Å². The summed E-state index contributed by atoms with van der Waals surface area (Å²) in [5, 5.41) is 11.7. The van der Waals surface area contributed by atoms with Gasteiger partial charge in [-0.2, -0.15) is 15.2 Å². The summed E-state index contributed by atoms with van der Waals surface area (Å²) in [6.07, 6.45) is -4.83. The molecule has 0 aliphatic carbocycles. The van der Waals surface area contributed by atoms with Gasteiger partial charge in [0, 0.05) is 18.8 Å². The van der Waals surface area contributed by atoms with Crippen molar-refractivity contribution in [2.24, 2.45) is 0 Å². The summed E-state index contributed by atoms with van der Waals surface area (Å²) in [4.78, 5) is 21.6. The molecule has 1 atom stereocenters. The Kier molecular flexibility index (Phi) is 6.32. The van der Waals surface area contributed by atoms with Crippen LogP contribution in [-0.4, -0.2) is 42.4 Å². The van der Waals surface area contributed by atoms with Gasteiger partial charge in [-0.25, -0.2) is 0 Å². The molecule has 0 aliphatic heterocycles. The molecule has 0 saturated heterocycles. The van der Waals surface area contributed by atoms with E-state index in [1.54, 1.807) is 0 Å². The summed E-state index contributed by atoms with van der Waals surface area (Å²) in [5.41, 5.74) is 5.73. The van der Waals surface area contributed by atoms with Crippen LogP contribution in [0.3, 0.4) is 0 Å². The number of hydrogen-bond donors (Lipinski definition) is 2. The molecular formula is C17H17F3N6O3. The molecule has 2 aromatic rings. The minimum absolute atomic E-state index is 0.103. The topological polar surface area (TPSA) is 126 Å². The maximum atomic E-state index is 12.6. The van der Waals surface area contributed by atoms with E-state index in [4.69, 9.17) is 10.5 Å². The Morgan fingerprint density at radius 1 is 1.38 bits per heavy atom. The summed E-state index contributed by atoms with van der Waals surface area (Å²) in [6.45, 7) is 1.51. The van der Waals surface area contributed by atoms with Crippen molar-refractivity contribution in [2.75, 3.05) is 30.1 Å². The number of benzene rings is 1. The Balaban J connectivity index is 2.22. The lowest BCUT2D eigenvalue weighted by molar-refractivity contribution is -0.274. The minimum Gasteiger partial charge on any atom is -0.480 e. The Morgan fingerprint density at radius 3 is 2.66 bits per heavy atom. The van der Waals surface area contributed by atoms with Gasteiger partial charge < -0.3 is 25.4 Å². The third-order valence-corrected chi connectivity index (χ3v) is 3.86. The van der Waals surface area contributed by atoms with Gasteiger partial charge in [-0.15, -0.1) is 13.2 Å². The van der Waals surface area contributed by atoms with Crippen molar-refractivity contribution in [3.05, 3.63) is 29.8 Å². The molecular weight excluding hydrogens is 393 g/mol. The minimum atomic E-state index is -4.83. The number of nitriles is 1. The zero-order chi connectivity index (χ0) is 21.8. The quantitative estimate of drug-likeness (QED) is 0.743. The number of carbonyl (C=O) groups excluding carboxylic acids is 1. The average molecular weight is 410 g/mol. The van der Waals surface area contributed by atoms with Crippen LogP contribution in [0.4, 0.5) is 30.6 Å². The molecule has 2 rings (SSSR count). The Morgan fingerprint density at radius 2 is 2.07 bits per heavy atom. The number of amides is 1. The molecule has 29 heavy (non-hydrogen) atoms. The SMILES string of the molecule is COc1nc(N)nc(NC(=O)[C@H](C)N(C)c2cccc(OC(F)(F)F)c2)c1C#N. The Bertz CT molecular complexity index is 945. The standard InChI is InChI=1S/C17H17F3N6O3/c1-9(26(2)10-5-4-6-11(7-10)29-17(18,19)20)14(27)23-13-12(8-21)15(28-3)25-16(22)24-13/h4-7,9H,1-3H3,(H3,22,23,24,25,27)/t9-/m0/s1. The number of nitrogens with two attached hydrogens (primary N) is 1. The molecule has 1 aromatic carbocycles. The van der Waals surface area contributed by atoms with Gasteiger partial charge in [-0.05, 0) is 19.1 Å². The maximum Gasteiger partial charge on any atom is 0.573 e. The summed E-state index contributed by atoms with van der Waals surface area (Å²) >= 11 is 0. The molecule has 154 valence electrons. The highest BCUT2D eigenvalue weighted by Crippen LogP contribution is 2.28. The van der Waals surface area contributed by atoms with Gasteiger partial charge in [0.25, 0.3) is 0 Å². The molecule has 12 heteroatoms. The van der Waals surface area contributed by atoms with Gasteiger partial charge in [0.05, 0.1) is 7.11 Å². The van der Waals surface area contributed by atoms with Crippen molar-refractivity contribution >= 4 is 23.4 Å². The van der Waals surface area contributed by atoms with Crippen molar-refractivity contribution in [1.29, 1.82) is 5.26 Å². The van der Waals surface area contributed by atoms with Crippen LogP contribution in [0.15, 0.2) is 24.3 Å². The molecule has 0 aliphatic rings. The van der Waals surface area contributed by atoms with Crippen LogP contribution in [0.1, 0.15) is 12.5 Å². The number of nitrogen functional groups attached to an aromatic ring is 1. The largest absolute Gasteiger partial charge is 0.573 e. The van der Waals surface area contributed by atoms with E-state index in [9.17, 15) is 23.2 Å². The average Bonchev–Trinajstić information content (AvgIpc) is 2.65. The Labute approximate surface area is 163 Å². The van der Waals surface area contributed by atoms with Gasteiger partial charge >= 0.3 is 6.36 Å². The van der Waals surface area contributed by atoms with Crippen molar-refractivity contribution in [1.82, 2.24) is 9.97 Å². The van der Waals surface area contributed by atoms with E-state index in [-0.39, 0.29) is 23.2 Å². The van der Waals surface area contributed by atoms with Gasteiger partial charge in [0.2, 0.25) is 17.7 Å². The van der Waals surface area contributed by atoms with E-state index in [0.717, 1.165) is 12.1 Å². The van der Waals surface area contributed by atoms with Crippen molar-refractivity contribution in [2.45, 2.75) is 19.3 Å². The van der Waals surface area contributed by atoms with Crippen molar-refractivity contribution in [3.8, 4) is 17.7 Å². The lowest BCUT2D eigenvalue weighted by Crippen LogP contribution is -2.40. The number of halogens is 3. The number of nitrogens with one attached hydrogen (secondary N) is 1. The van der Waals surface area contributed by atoms with Crippen LogP contribution in [0.25, 0.3) is 0 Å². The predicted octanol–water partition coefficient (Wildman–Crippen LogP) is 2.30. The number of alkyl halides is 3. The third-order valence-electron chi connectivity index (χ3n) is 3.86. The number of methoxy groups -OCH3 is 1. The fraction of sp³-hybridized carbons (Fsp3) is 0.294. The third kappa shape index (κ3) is 5.38. The van der Waals surface area contributed by atoms with Crippen molar-refractivity contribution in [3.63, 3.8) is 0 Å². The summed E-state index contributed by atoms with van der Waals surface area (Å²) in [5.74, 6) is -1.47. The predicted molar refractivity (Wildman–Crippen MR) is 97.3 cm³/mol. The molecule has 0 saturated carbocycles. The van der Waals surface area contributed by atoms with Crippen LogP contribution >= 0.6 is 0 Å². The molecule has 1 heterocycles. The number of anilines is 3. The van der Waals surface area contributed by atoms with Crippen LogP contribution in [0.2, 0.25) is 0 Å². The molecule has 0 unspecified atom stereocenters. The molecule has 3 N–H and O–H groups in total. The molecule has 0 bridgehead atoms. The summed E-state index contributed by atoms with van der Waals surface area (Å²) in [7, 11) is 2.79. The van der Waals surface area contributed by atoms with E-state index in [1.165, 1.54) is 38.1 Å². The number of hydrogen-bond acceptors (Lipinski definition) is 8. The highest BCUT2D eigenvalue weighted by Gasteiger charge is 2.31. The van der Waals surface area contributed by atoms with Gasteiger partial charge in [0.1, 0.15) is 17.9 Å². The normalized spacial score (nSPS) is 11.9. The van der Waals surface area contributed by atoms with Gasteiger partial charge in [0.15, 0.2) is 11.4 Å². The van der Waals surface area contributed by atoms with E-state index >= 15 is 0 Å². The van der Waals surface area contributed by atoms with Crippen molar-refractivity contribution < 1.29 is 27.4 Å². The second-order valence-electron chi connectivity index (χ2n) is 5.75. The number of aromatic nitrogens is 2. The smallest absolute Gasteiger partial charge is 0.480 e. The van der Waals surface area contributed by atoms with Gasteiger partial charge in [-0.3, -0.25) is 4.79 Å². The monoisotopic (exact) mass is 410 g/mol. The van der Waals surface area contributed by atoms with E-state index in [0.29, 0.717) is 5.69 Å². The van der Waals surface area contributed by atoms with Gasteiger partial charge in [-0.1, -0.05) is 6.07 Å². The molecule has 1 aromatic heterocycles. The molecule has 0 spiro atoms. The van der Waals surface area contributed by atoms with E-state index < -0.39 is 24.1 Å². The molecule has 0 fully saturated rings. The fourth-order valence-corrected chi connectivity index (χ4v) is 2.32. The maximum absolute atomic E-state index is 12.6. The lowest BCUT2D eigenvalue weighted by Gasteiger charge is -2.26. The fourth-order valence-electron chi connectivity index (χ4n) is 2.32. The highest BCUT2D eigenvalue weighted by molar-refractivity contribution is 5.97. The first-order valence-electron chi connectivity index (χ1n) is 8.06. The van der Waals surface area contributed by atoms with Crippen LogP contribution in [-0.2, 0) is 4.79 Å². The summed E-state index contributed by atoms with van der Waals surface area (Å²) in [6, 6.07) is 6.12.